The maximum Gasteiger partial charge on any atom is 0.517 e. The highest BCUT2D eigenvalue weighted by atomic mass is 35.5. The molecule has 25 heavy (non-hydrogen) atoms. The van der Waals surface area contributed by atoms with Crippen molar-refractivity contribution in [3.05, 3.63) is 29.8 Å². The van der Waals surface area contributed by atoms with E-state index in [1.54, 1.807) is 0 Å². The molecule has 15 heteroatoms. The molecule has 0 aliphatic heterocycles. The molecule has 0 aliphatic rings. The lowest BCUT2D eigenvalue weighted by atomic mass is 10.1. The van der Waals surface area contributed by atoms with Gasteiger partial charge in [-0.05, 0) is 12.1 Å². The van der Waals surface area contributed by atoms with E-state index in [0.29, 0.717) is 12.1 Å². The van der Waals surface area contributed by atoms with Gasteiger partial charge in [0.15, 0.2) is 5.78 Å². The highest BCUT2D eigenvalue weighted by molar-refractivity contribution is 8.11. The average molecular weight is 434 g/mol. The van der Waals surface area contributed by atoms with E-state index in [1.807, 2.05) is 0 Å². The van der Waals surface area contributed by atoms with Gasteiger partial charge in [0.25, 0.3) is 0 Å². The van der Waals surface area contributed by atoms with Gasteiger partial charge in [-0.2, -0.15) is 43.2 Å². The molecule has 0 heterocycles. The molecule has 0 unspecified atom stereocenters. The van der Waals surface area contributed by atoms with Crippen LogP contribution in [-0.2, 0) is 20.0 Å². The van der Waals surface area contributed by atoms with Crippen molar-refractivity contribution >= 4 is 43.1 Å². The van der Waals surface area contributed by atoms with E-state index in [0.717, 1.165) is 12.1 Å². The molecule has 1 aromatic rings. The first kappa shape index (κ1) is 21.5. The number of nitrogens with zero attached hydrogens (tertiary/aromatic N) is 1. The zero-order chi connectivity index (χ0) is 19.8. The van der Waals surface area contributed by atoms with Gasteiger partial charge in [0.05, 0.1) is 11.6 Å². The van der Waals surface area contributed by atoms with E-state index in [4.69, 9.17) is 11.6 Å². The number of para-hydroxylation sites is 1. The maximum absolute atomic E-state index is 12.7. The smallest absolute Gasteiger partial charge is 0.293 e. The van der Waals surface area contributed by atoms with Gasteiger partial charge in [0.2, 0.25) is 0 Å². The van der Waals surface area contributed by atoms with Crippen LogP contribution in [-0.4, -0.2) is 39.5 Å². The molecule has 0 radical (unpaired) electrons. The monoisotopic (exact) mass is 433 g/mol. The molecule has 0 fully saturated rings. The van der Waals surface area contributed by atoms with Crippen LogP contribution in [0.4, 0.5) is 32.0 Å². The Morgan fingerprint density at radius 3 is 1.68 bits per heavy atom. The van der Waals surface area contributed by atoms with E-state index < -0.39 is 57.7 Å². The Morgan fingerprint density at radius 2 is 1.32 bits per heavy atom. The Bertz CT molecular complexity index is 834. The van der Waals surface area contributed by atoms with E-state index in [-0.39, 0.29) is 0 Å². The summed E-state index contributed by atoms with van der Waals surface area (Å²) >= 11 is 5.16. The summed E-state index contributed by atoms with van der Waals surface area (Å²) in [5.74, 6) is -2.25. The third-order valence-electron chi connectivity index (χ3n) is 2.54. The van der Waals surface area contributed by atoms with Crippen LogP contribution < -0.4 is 3.71 Å². The number of benzene rings is 1. The number of rotatable bonds is 5. The SMILES string of the molecule is O=C(CCl)c1ccccc1N(S(=O)(=O)C(F)(F)F)S(=O)(=O)C(F)(F)F. The minimum Gasteiger partial charge on any atom is -0.293 e. The number of carbonyl (C=O) groups is 1. The van der Waals surface area contributed by atoms with Gasteiger partial charge in [-0.3, -0.25) is 4.79 Å². The van der Waals surface area contributed by atoms with Gasteiger partial charge in [0.1, 0.15) is 0 Å². The lowest BCUT2D eigenvalue weighted by Crippen LogP contribution is -2.50. The molecule has 1 aromatic carbocycles. The summed E-state index contributed by atoms with van der Waals surface area (Å²) in [6.45, 7) is 0. The number of sulfonamides is 2. The van der Waals surface area contributed by atoms with Gasteiger partial charge in [0, 0.05) is 5.56 Å². The second-order valence-electron chi connectivity index (χ2n) is 4.17. The molecule has 0 spiro atoms. The molecule has 0 atom stereocenters. The zero-order valence-electron chi connectivity index (χ0n) is 11.5. The van der Waals surface area contributed by atoms with Crippen LogP contribution in [0.2, 0.25) is 0 Å². The number of ketones is 1. The number of Topliss-reactive ketones (excluding diaryl/α,β-unsaturated/α-hetero) is 1. The molecule has 0 aliphatic carbocycles. The van der Waals surface area contributed by atoms with Crippen molar-refractivity contribution in [3.63, 3.8) is 0 Å². The minimum absolute atomic E-state index is 0.298. The van der Waals surface area contributed by atoms with Crippen LogP contribution >= 0.6 is 11.6 Å². The average Bonchev–Trinajstić information content (AvgIpc) is 2.44. The Kier molecular flexibility index (Phi) is 5.71. The zero-order valence-corrected chi connectivity index (χ0v) is 13.9. The lowest BCUT2D eigenvalue weighted by molar-refractivity contribution is -0.0462. The van der Waals surface area contributed by atoms with Crippen molar-refractivity contribution in [1.82, 2.24) is 0 Å². The first-order valence-electron chi connectivity index (χ1n) is 5.70. The molecule has 0 saturated carbocycles. The predicted octanol–water partition coefficient (Wildman–Crippen LogP) is 2.61. The van der Waals surface area contributed by atoms with Crippen LogP contribution in [0.1, 0.15) is 10.4 Å². The van der Waals surface area contributed by atoms with Gasteiger partial charge in [-0.25, -0.2) is 0 Å². The predicted molar refractivity (Wildman–Crippen MR) is 73.9 cm³/mol. The summed E-state index contributed by atoms with van der Waals surface area (Å²) in [6, 6.07) is 2.63. The molecule has 0 amide bonds. The second-order valence-corrected chi connectivity index (χ2v) is 8.23. The fraction of sp³-hybridized carbons (Fsp3) is 0.300. The molecular formula is C10H6ClF6NO5S2. The minimum atomic E-state index is -7.07. The van der Waals surface area contributed by atoms with E-state index in [9.17, 15) is 48.0 Å². The summed E-state index contributed by atoms with van der Waals surface area (Å²) in [6.07, 6.45) is 0. The Balaban J connectivity index is 3.95. The van der Waals surface area contributed by atoms with Gasteiger partial charge in [-0.15, -0.1) is 15.3 Å². The van der Waals surface area contributed by atoms with Crippen LogP contribution in [0.5, 0.6) is 0 Å². The topological polar surface area (TPSA) is 88.6 Å². The van der Waals surface area contributed by atoms with E-state index >= 15 is 0 Å². The Labute approximate surface area is 142 Å². The fourth-order valence-corrected chi connectivity index (χ4v) is 4.41. The fourth-order valence-electron chi connectivity index (χ4n) is 1.52. The first-order chi connectivity index (χ1) is 11.1. The quantitative estimate of drug-likeness (QED) is 0.404. The van der Waals surface area contributed by atoms with E-state index in [2.05, 4.69) is 0 Å². The normalized spacial score (nSPS) is 13.6. The van der Waals surface area contributed by atoms with Crippen LogP contribution in [0, 0.1) is 0 Å². The van der Waals surface area contributed by atoms with Crippen molar-refractivity contribution in [2.45, 2.75) is 11.0 Å². The number of alkyl halides is 7. The van der Waals surface area contributed by atoms with Crippen molar-refractivity contribution in [2.75, 3.05) is 9.59 Å². The maximum atomic E-state index is 12.7. The first-order valence-corrected chi connectivity index (χ1v) is 9.11. The molecule has 142 valence electrons. The van der Waals surface area contributed by atoms with Crippen LogP contribution in [0.15, 0.2) is 24.3 Å². The second kappa shape index (κ2) is 6.64. The molecule has 0 bridgehead atoms. The van der Waals surface area contributed by atoms with Gasteiger partial charge in [-0.1, -0.05) is 12.1 Å². The van der Waals surface area contributed by atoms with Crippen molar-refractivity contribution in [3.8, 4) is 0 Å². The number of anilines is 1. The molecule has 0 aromatic heterocycles. The van der Waals surface area contributed by atoms with Crippen LogP contribution in [0.25, 0.3) is 0 Å². The standard InChI is InChI=1S/C10H6ClF6NO5S2/c11-5-8(19)6-3-1-2-4-7(6)18(24(20,21)9(12,13)14)25(22,23)10(15,16)17/h1-4H,5H2. The van der Waals surface area contributed by atoms with Crippen molar-refractivity contribution in [1.29, 1.82) is 0 Å². The van der Waals surface area contributed by atoms with Crippen molar-refractivity contribution < 1.29 is 48.0 Å². The van der Waals surface area contributed by atoms with E-state index in [1.165, 1.54) is 0 Å². The largest absolute Gasteiger partial charge is 0.517 e. The summed E-state index contributed by atoms with van der Waals surface area (Å²) in [5, 5.41) is 0. The number of hydrogen-bond donors (Lipinski definition) is 0. The molecule has 1 rings (SSSR count). The van der Waals surface area contributed by atoms with Gasteiger partial charge < -0.3 is 0 Å². The lowest BCUT2D eigenvalue weighted by Gasteiger charge is -2.26. The summed E-state index contributed by atoms with van der Waals surface area (Å²) in [4.78, 5) is 11.6. The molecule has 0 saturated heterocycles. The number of halogens is 7. The summed E-state index contributed by atoms with van der Waals surface area (Å²) in [7, 11) is -14.1. The highest BCUT2D eigenvalue weighted by Gasteiger charge is 2.62. The number of carbonyl (C=O) groups excluding carboxylic acids is 1. The summed E-state index contributed by atoms with van der Waals surface area (Å²) < 4.78 is 120. The Hall–Kier alpha value is -1.54. The molecule has 0 N–H and O–H groups in total. The Morgan fingerprint density at radius 1 is 0.920 bits per heavy atom. The third kappa shape index (κ3) is 3.84. The summed E-state index contributed by atoms with van der Waals surface area (Å²) in [5.41, 5.74) is -15.5. The van der Waals surface area contributed by atoms with Crippen molar-refractivity contribution in [2.24, 2.45) is 0 Å². The molecule has 6 nitrogen and oxygen atoms in total. The van der Waals surface area contributed by atoms with Crippen LogP contribution in [0.3, 0.4) is 0 Å². The highest BCUT2D eigenvalue weighted by Crippen LogP contribution is 2.40. The molecular weight excluding hydrogens is 428 g/mol. The number of hydrogen-bond acceptors (Lipinski definition) is 5. The third-order valence-corrected chi connectivity index (χ3v) is 6.40. The van der Waals surface area contributed by atoms with Gasteiger partial charge >= 0.3 is 31.1 Å².